The van der Waals surface area contributed by atoms with Gasteiger partial charge in [-0.3, -0.25) is 4.68 Å². The van der Waals surface area contributed by atoms with Gasteiger partial charge in [0.25, 0.3) is 0 Å². The maximum atomic E-state index is 4.16. The SMILES string of the molecule is CC(CNCc1ncnn1C)C(C)(C)C. The third-order valence-corrected chi connectivity index (χ3v) is 3.02. The highest BCUT2D eigenvalue weighted by molar-refractivity contribution is 4.83. The van der Waals surface area contributed by atoms with E-state index in [1.165, 1.54) is 0 Å². The first-order valence-electron chi connectivity index (χ1n) is 5.45. The van der Waals surface area contributed by atoms with Gasteiger partial charge < -0.3 is 5.32 Å². The molecule has 0 aliphatic rings. The van der Waals surface area contributed by atoms with E-state index in [-0.39, 0.29) is 0 Å². The van der Waals surface area contributed by atoms with E-state index in [4.69, 9.17) is 0 Å². The maximum Gasteiger partial charge on any atom is 0.140 e. The second kappa shape index (κ2) is 4.75. The summed E-state index contributed by atoms with van der Waals surface area (Å²) in [6, 6.07) is 0. The van der Waals surface area contributed by atoms with Crippen molar-refractivity contribution in [2.75, 3.05) is 6.54 Å². The number of nitrogens with one attached hydrogen (secondary N) is 1. The molecular weight excluding hydrogens is 188 g/mol. The fourth-order valence-electron chi connectivity index (χ4n) is 1.19. The molecule has 0 spiro atoms. The second-order valence-corrected chi connectivity index (χ2v) is 5.20. The number of aromatic nitrogens is 3. The van der Waals surface area contributed by atoms with Crippen molar-refractivity contribution in [3.8, 4) is 0 Å². The highest BCUT2D eigenvalue weighted by atomic mass is 15.3. The largest absolute Gasteiger partial charge is 0.310 e. The van der Waals surface area contributed by atoms with Crippen LogP contribution in [0.4, 0.5) is 0 Å². The van der Waals surface area contributed by atoms with Gasteiger partial charge in [-0.15, -0.1) is 0 Å². The van der Waals surface area contributed by atoms with E-state index < -0.39 is 0 Å². The Morgan fingerprint density at radius 3 is 2.60 bits per heavy atom. The lowest BCUT2D eigenvalue weighted by Crippen LogP contribution is -2.30. The van der Waals surface area contributed by atoms with Crippen LogP contribution in [0.2, 0.25) is 0 Å². The zero-order valence-corrected chi connectivity index (χ0v) is 10.4. The Labute approximate surface area is 92.1 Å². The second-order valence-electron chi connectivity index (χ2n) is 5.20. The van der Waals surface area contributed by atoms with Crippen LogP contribution < -0.4 is 5.32 Å². The number of hydrogen-bond acceptors (Lipinski definition) is 3. The van der Waals surface area contributed by atoms with E-state index in [9.17, 15) is 0 Å². The van der Waals surface area contributed by atoms with Crippen LogP contribution in [-0.4, -0.2) is 21.3 Å². The molecule has 4 nitrogen and oxygen atoms in total. The van der Waals surface area contributed by atoms with Gasteiger partial charge in [-0.25, -0.2) is 4.98 Å². The molecule has 1 rings (SSSR count). The third-order valence-electron chi connectivity index (χ3n) is 3.02. The van der Waals surface area contributed by atoms with Crippen LogP contribution >= 0.6 is 0 Å². The van der Waals surface area contributed by atoms with E-state index in [1.807, 2.05) is 7.05 Å². The van der Waals surface area contributed by atoms with Gasteiger partial charge in [0, 0.05) is 7.05 Å². The summed E-state index contributed by atoms with van der Waals surface area (Å²) in [7, 11) is 1.91. The van der Waals surface area contributed by atoms with Gasteiger partial charge in [0.2, 0.25) is 0 Å². The molecule has 0 aromatic carbocycles. The summed E-state index contributed by atoms with van der Waals surface area (Å²) in [5.41, 5.74) is 0.354. The fraction of sp³-hybridized carbons (Fsp3) is 0.818. The van der Waals surface area contributed by atoms with E-state index in [0.29, 0.717) is 11.3 Å². The van der Waals surface area contributed by atoms with Gasteiger partial charge in [0.15, 0.2) is 0 Å². The molecule has 1 heterocycles. The summed E-state index contributed by atoms with van der Waals surface area (Å²) >= 11 is 0. The van der Waals surface area contributed by atoms with Crippen LogP contribution in [0.3, 0.4) is 0 Å². The first-order valence-corrected chi connectivity index (χ1v) is 5.45. The highest BCUT2D eigenvalue weighted by Crippen LogP contribution is 2.24. The summed E-state index contributed by atoms with van der Waals surface area (Å²) in [5, 5.41) is 7.44. The minimum Gasteiger partial charge on any atom is -0.310 e. The summed E-state index contributed by atoms with van der Waals surface area (Å²) in [6.07, 6.45) is 1.59. The van der Waals surface area contributed by atoms with Crippen LogP contribution in [0.5, 0.6) is 0 Å². The standard InChI is InChI=1S/C11H22N4/c1-9(11(2,3)4)6-12-7-10-13-8-14-15(10)5/h8-9,12H,6-7H2,1-5H3. The zero-order valence-electron chi connectivity index (χ0n) is 10.4. The van der Waals surface area contributed by atoms with Crippen LogP contribution in [0, 0.1) is 11.3 Å². The van der Waals surface area contributed by atoms with Crippen molar-refractivity contribution in [3.05, 3.63) is 12.2 Å². The van der Waals surface area contributed by atoms with E-state index in [1.54, 1.807) is 11.0 Å². The lowest BCUT2D eigenvalue weighted by molar-refractivity contribution is 0.251. The molecule has 0 bridgehead atoms. The van der Waals surface area contributed by atoms with Crippen molar-refractivity contribution in [3.63, 3.8) is 0 Å². The molecule has 0 saturated heterocycles. The smallest absolute Gasteiger partial charge is 0.140 e. The minimum atomic E-state index is 0.354. The lowest BCUT2D eigenvalue weighted by Gasteiger charge is -2.27. The molecule has 1 atom stereocenters. The van der Waals surface area contributed by atoms with Crippen LogP contribution in [0.15, 0.2) is 6.33 Å². The highest BCUT2D eigenvalue weighted by Gasteiger charge is 2.19. The van der Waals surface area contributed by atoms with E-state index in [0.717, 1.165) is 18.9 Å². The van der Waals surface area contributed by atoms with Gasteiger partial charge in [-0.05, 0) is 17.9 Å². The molecule has 0 aliphatic carbocycles. The number of hydrogen-bond donors (Lipinski definition) is 1. The zero-order chi connectivity index (χ0) is 11.5. The Morgan fingerprint density at radius 1 is 1.47 bits per heavy atom. The van der Waals surface area contributed by atoms with Crippen LogP contribution in [0.25, 0.3) is 0 Å². The molecule has 0 radical (unpaired) electrons. The topological polar surface area (TPSA) is 42.7 Å². The van der Waals surface area contributed by atoms with E-state index in [2.05, 4.69) is 43.1 Å². The van der Waals surface area contributed by atoms with Crippen molar-refractivity contribution in [1.82, 2.24) is 20.1 Å². The monoisotopic (exact) mass is 210 g/mol. The number of aryl methyl sites for hydroxylation is 1. The Hall–Kier alpha value is -0.900. The average molecular weight is 210 g/mol. The Morgan fingerprint density at radius 2 is 2.13 bits per heavy atom. The predicted molar refractivity (Wildman–Crippen MR) is 61.3 cm³/mol. The van der Waals surface area contributed by atoms with Gasteiger partial charge in [-0.1, -0.05) is 27.7 Å². The third kappa shape index (κ3) is 3.63. The van der Waals surface area contributed by atoms with E-state index >= 15 is 0 Å². The minimum absolute atomic E-state index is 0.354. The molecule has 0 aliphatic heterocycles. The molecule has 1 N–H and O–H groups in total. The Bertz CT molecular complexity index is 298. The van der Waals surface area contributed by atoms with Crippen molar-refractivity contribution < 1.29 is 0 Å². The Balaban J connectivity index is 2.31. The summed E-state index contributed by atoms with van der Waals surface area (Å²) in [5.74, 6) is 1.63. The molecule has 1 aromatic heterocycles. The van der Waals surface area contributed by atoms with Gasteiger partial charge in [0.1, 0.15) is 12.2 Å². The first-order chi connectivity index (χ1) is 6.91. The van der Waals surface area contributed by atoms with Crippen molar-refractivity contribution in [1.29, 1.82) is 0 Å². The molecule has 0 fully saturated rings. The molecule has 0 amide bonds. The first kappa shape index (κ1) is 12.2. The molecule has 4 heteroatoms. The molecular formula is C11H22N4. The summed E-state index contributed by atoms with van der Waals surface area (Å²) in [4.78, 5) is 4.16. The van der Waals surface area contributed by atoms with Gasteiger partial charge in [-0.2, -0.15) is 5.10 Å². The number of nitrogens with zero attached hydrogens (tertiary/aromatic N) is 3. The van der Waals surface area contributed by atoms with Gasteiger partial charge in [0.05, 0.1) is 6.54 Å². The normalized spacial score (nSPS) is 14.2. The van der Waals surface area contributed by atoms with Crippen molar-refractivity contribution >= 4 is 0 Å². The molecule has 15 heavy (non-hydrogen) atoms. The average Bonchev–Trinajstić information content (AvgIpc) is 2.50. The Kier molecular flexibility index (Phi) is 3.85. The predicted octanol–water partition coefficient (Wildman–Crippen LogP) is 1.59. The molecule has 1 aromatic rings. The lowest BCUT2D eigenvalue weighted by atomic mass is 9.82. The fourth-order valence-corrected chi connectivity index (χ4v) is 1.19. The number of rotatable bonds is 4. The van der Waals surface area contributed by atoms with Gasteiger partial charge >= 0.3 is 0 Å². The summed E-state index contributed by atoms with van der Waals surface area (Å²) in [6.45, 7) is 10.9. The van der Waals surface area contributed by atoms with Crippen molar-refractivity contribution in [2.45, 2.75) is 34.2 Å². The quantitative estimate of drug-likeness (QED) is 0.820. The van der Waals surface area contributed by atoms with Crippen molar-refractivity contribution in [2.24, 2.45) is 18.4 Å². The molecule has 0 saturated carbocycles. The van der Waals surface area contributed by atoms with Crippen LogP contribution in [-0.2, 0) is 13.6 Å². The maximum absolute atomic E-state index is 4.16. The summed E-state index contributed by atoms with van der Waals surface area (Å²) < 4.78 is 1.80. The van der Waals surface area contributed by atoms with Crippen LogP contribution in [0.1, 0.15) is 33.5 Å². The molecule has 1 unspecified atom stereocenters. The molecule has 86 valence electrons.